The molecule has 0 aliphatic rings. The first kappa shape index (κ1) is 18.8. The predicted octanol–water partition coefficient (Wildman–Crippen LogP) is 4.95. The van der Waals surface area contributed by atoms with Crippen LogP contribution in [0.1, 0.15) is 42.2 Å². The number of alkyl halides is 3. The van der Waals surface area contributed by atoms with Gasteiger partial charge in [-0.15, -0.1) is 0 Å². The number of halogens is 3. The number of carbonyl (C=O) groups is 1. The highest BCUT2D eigenvalue weighted by Gasteiger charge is 2.30. The first-order chi connectivity index (χ1) is 11.9. The Balaban J connectivity index is 1.97. The topological polar surface area (TPSA) is 54.0 Å². The second kappa shape index (κ2) is 8.50. The molecule has 0 atom stereocenters. The minimum absolute atomic E-state index is 0.0726. The van der Waals surface area contributed by atoms with E-state index >= 15 is 0 Å². The van der Waals surface area contributed by atoms with Gasteiger partial charge in [-0.1, -0.05) is 25.8 Å². The van der Waals surface area contributed by atoms with Crippen molar-refractivity contribution in [1.29, 1.82) is 0 Å². The zero-order chi connectivity index (χ0) is 18.3. The minimum atomic E-state index is -4.45. The first-order valence-corrected chi connectivity index (χ1v) is 8.08. The number of amides is 1. The standard InChI is InChI=1S/C18H20F3N3O/c1-2-3-4-10-22-15-8-9-16(23-12-15)17(25)24-14-7-5-6-13(11-14)18(19,20)21/h5-9,11-12,22H,2-4,10H2,1H3,(H,24,25). The van der Waals surface area contributed by atoms with Crippen LogP contribution in [0.4, 0.5) is 24.5 Å². The van der Waals surface area contributed by atoms with E-state index in [-0.39, 0.29) is 11.4 Å². The van der Waals surface area contributed by atoms with Crippen LogP contribution >= 0.6 is 0 Å². The summed E-state index contributed by atoms with van der Waals surface area (Å²) in [6, 6.07) is 7.74. The van der Waals surface area contributed by atoms with Crippen LogP contribution < -0.4 is 10.6 Å². The van der Waals surface area contributed by atoms with E-state index in [0.717, 1.165) is 43.6 Å². The maximum Gasteiger partial charge on any atom is 0.416 e. The molecule has 0 aliphatic carbocycles. The van der Waals surface area contributed by atoms with Gasteiger partial charge in [-0.2, -0.15) is 13.2 Å². The highest BCUT2D eigenvalue weighted by Crippen LogP contribution is 2.30. The molecule has 1 amide bonds. The molecule has 2 N–H and O–H groups in total. The molecule has 0 saturated heterocycles. The highest BCUT2D eigenvalue weighted by atomic mass is 19.4. The molecule has 0 unspecified atom stereocenters. The molecule has 0 radical (unpaired) electrons. The van der Waals surface area contributed by atoms with E-state index in [2.05, 4.69) is 22.5 Å². The molecular weight excluding hydrogens is 331 g/mol. The van der Waals surface area contributed by atoms with Gasteiger partial charge in [0.25, 0.3) is 5.91 Å². The molecule has 0 fully saturated rings. The average Bonchev–Trinajstić information content (AvgIpc) is 2.59. The number of nitrogens with zero attached hydrogens (tertiary/aromatic N) is 1. The molecule has 25 heavy (non-hydrogen) atoms. The molecular formula is C18H20F3N3O. The molecule has 4 nitrogen and oxygen atoms in total. The minimum Gasteiger partial charge on any atom is -0.384 e. The van der Waals surface area contributed by atoms with Gasteiger partial charge in [0.15, 0.2) is 0 Å². The molecule has 0 spiro atoms. The zero-order valence-electron chi connectivity index (χ0n) is 13.9. The third-order valence-corrected chi connectivity index (χ3v) is 3.55. The van der Waals surface area contributed by atoms with Gasteiger partial charge in [-0.3, -0.25) is 4.79 Å². The van der Waals surface area contributed by atoms with Crippen molar-refractivity contribution in [3.8, 4) is 0 Å². The summed E-state index contributed by atoms with van der Waals surface area (Å²) in [6.07, 6.45) is 0.401. The fourth-order valence-corrected chi connectivity index (χ4v) is 2.21. The van der Waals surface area contributed by atoms with Crippen LogP contribution in [0.5, 0.6) is 0 Å². The molecule has 0 saturated carbocycles. The van der Waals surface area contributed by atoms with Gasteiger partial charge >= 0.3 is 6.18 Å². The van der Waals surface area contributed by atoms with E-state index < -0.39 is 17.6 Å². The number of carbonyl (C=O) groups excluding carboxylic acids is 1. The average molecular weight is 351 g/mol. The largest absolute Gasteiger partial charge is 0.416 e. The van der Waals surface area contributed by atoms with Crippen LogP contribution in [0.15, 0.2) is 42.6 Å². The molecule has 1 heterocycles. The van der Waals surface area contributed by atoms with Crippen molar-refractivity contribution < 1.29 is 18.0 Å². The Kier molecular flexibility index (Phi) is 6.38. The first-order valence-electron chi connectivity index (χ1n) is 8.08. The van der Waals surface area contributed by atoms with E-state index in [4.69, 9.17) is 0 Å². The fourth-order valence-electron chi connectivity index (χ4n) is 2.21. The van der Waals surface area contributed by atoms with Gasteiger partial charge in [-0.05, 0) is 36.8 Å². The number of aromatic nitrogens is 1. The van der Waals surface area contributed by atoms with Crippen molar-refractivity contribution >= 4 is 17.3 Å². The smallest absolute Gasteiger partial charge is 0.384 e. The lowest BCUT2D eigenvalue weighted by Crippen LogP contribution is -2.14. The van der Waals surface area contributed by atoms with Crippen LogP contribution in [-0.2, 0) is 6.18 Å². The van der Waals surface area contributed by atoms with E-state index in [1.165, 1.54) is 24.4 Å². The summed E-state index contributed by atoms with van der Waals surface area (Å²) in [4.78, 5) is 16.2. The summed E-state index contributed by atoms with van der Waals surface area (Å²) in [5, 5.41) is 5.63. The van der Waals surface area contributed by atoms with Crippen LogP contribution in [0, 0.1) is 0 Å². The van der Waals surface area contributed by atoms with E-state index in [0.29, 0.717) is 0 Å². The number of hydrogen-bond acceptors (Lipinski definition) is 3. The summed E-state index contributed by atoms with van der Waals surface area (Å²) in [7, 11) is 0. The van der Waals surface area contributed by atoms with Gasteiger partial charge in [0.2, 0.25) is 0 Å². The van der Waals surface area contributed by atoms with Crippen molar-refractivity contribution in [3.63, 3.8) is 0 Å². The maximum atomic E-state index is 12.7. The quantitative estimate of drug-likeness (QED) is 0.694. The van der Waals surface area contributed by atoms with Gasteiger partial charge < -0.3 is 10.6 Å². The predicted molar refractivity (Wildman–Crippen MR) is 91.6 cm³/mol. The second-order valence-corrected chi connectivity index (χ2v) is 5.60. The Morgan fingerprint density at radius 3 is 2.56 bits per heavy atom. The van der Waals surface area contributed by atoms with E-state index in [1.54, 1.807) is 6.07 Å². The van der Waals surface area contributed by atoms with Crippen molar-refractivity contribution in [2.24, 2.45) is 0 Å². The number of anilines is 2. The van der Waals surface area contributed by atoms with Gasteiger partial charge in [0.1, 0.15) is 5.69 Å². The number of rotatable bonds is 7. The number of pyridine rings is 1. The fraction of sp³-hybridized carbons (Fsp3) is 0.333. The molecule has 1 aromatic heterocycles. The van der Waals surface area contributed by atoms with Gasteiger partial charge in [0, 0.05) is 12.2 Å². The summed E-state index contributed by atoms with van der Waals surface area (Å²) in [5.74, 6) is -0.558. The highest BCUT2D eigenvalue weighted by molar-refractivity contribution is 6.03. The molecule has 134 valence electrons. The Morgan fingerprint density at radius 2 is 1.92 bits per heavy atom. The Hall–Kier alpha value is -2.57. The van der Waals surface area contributed by atoms with Crippen LogP contribution in [-0.4, -0.2) is 17.4 Å². The van der Waals surface area contributed by atoms with Crippen LogP contribution in [0.2, 0.25) is 0 Å². The van der Waals surface area contributed by atoms with E-state index in [9.17, 15) is 18.0 Å². The zero-order valence-corrected chi connectivity index (χ0v) is 13.9. The third kappa shape index (κ3) is 5.77. The van der Waals surface area contributed by atoms with E-state index in [1.807, 2.05) is 0 Å². The van der Waals surface area contributed by atoms with Crippen molar-refractivity contribution in [2.75, 3.05) is 17.2 Å². The van der Waals surface area contributed by atoms with Crippen LogP contribution in [0.3, 0.4) is 0 Å². The molecule has 1 aromatic carbocycles. The number of hydrogen-bond donors (Lipinski definition) is 2. The monoisotopic (exact) mass is 351 g/mol. The number of benzene rings is 1. The van der Waals surface area contributed by atoms with Crippen LogP contribution in [0.25, 0.3) is 0 Å². The molecule has 2 rings (SSSR count). The second-order valence-electron chi connectivity index (χ2n) is 5.60. The molecule has 0 bridgehead atoms. The summed E-state index contributed by atoms with van der Waals surface area (Å²) < 4.78 is 38.1. The Morgan fingerprint density at radius 1 is 1.12 bits per heavy atom. The summed E-state index contributed by atoms with van der Waals surface area (Å²) in [5.41, 5.74) is 0.191. The molecule has 7 heteroatoms. The number of unbranched alkanes of at least 4 members (excludes halogenated alkanes) is 2. The summed E-state index contributed by atoms with van der Waals surface area (Å²) in [6.45, 7) is 2.95. The lowest BCUT2D eigenvalue weighted by Gasteiger charge is -2.10. The maximum absolute atomic E-state index is 12.7. The van der Waals surface area contributed by atoms with Gasteiger partial charge in [-0.25, -0.2) is 4.98 Å². The van der Waals surface area contributed by atoms with Gasteiger partial charge in [0.05, 0.1) is 17.4 Å². The third-order valence-electron chi connectivity index (χ3n) is 3.55. The lowest BCUT2D eigenvalue weighted by atomic mass is 10.2. The molecule has 0 aliphatic heterocycles. The molecule has 2 aromatic rings. The SMILES string of the molecule is CCCCCNc1ccc(C(=O)Nc2cccc(C(F)(F)F)c2)nc1. The van der Waals surface area contributed by atoms with Crippen molar-refractivity contribution in [1.82, 2.24) is 4.98 Å². The van der Waals surface area contributed by atoms with Crippen molar-refractivity contribution in [3.05, 3.63) is 53.9 Å². The van der Waals surface area contributed by atoms with Crippen molar-refractivity contribution in [2.45, 2.75) is 32.4 Å². The number of nitrogens with one attached hydrogen (secondary N) is 2. The Bertz CT molecular complexity index is 699. The Labute approximate surface area is 144 Å². The normalized spacial score (nSPS) is 11.2. The lowest BCUT2D eigenvalue weighted by molar-refractivity contribution is -0.137. The summed E-state index contributed by atoms with van der Waals surface area (Å²) >= 11 is 0.